The third-order valence-electron chi connectivity index (χ3n) is 7.49. The van der Waals surface area contributed by atoms with Crippen molar-refractivity contribution in [3.05, 3.63) is 40.9 Å². The standard InChI is InChI=1S/C29H38F3N5O3S/c1-20(2)17-37(27(40)21-7-4-3-5-8-21)18-25(38)34-28-33-23(19-41-28)16-26(39)36-13-11-35(12-14-36)24-10-6-9-22(15-24)29(30,31)32/h6,9-10,15,19-21H,3-5,7-8,11-14,16-18H2,1-2H3,(H,33,34,38). The Morgan fingerprint density at radius 2 is 1.80 bits per heavy atom. The van der Waals surface area contributed by atoms with Crippen LogP contribution in [0.5, 0.6) is 0 Å². The second kappa shape index (κ2) is 13.7. The topological polar surface area (TPSA) is 85.8 Å². The fourth-order valence-corrected chi connectivity index (χ4v) is 6.14. The van der Waals surface area contributed by atoms with Gasteiger partial charge in [-0.05, 0) is 37.0 Å². The molecule has 8 nitrogen and oxygen atoms in total. The van der Waals surface area contributed by atoms with Gasteiger partial charge in [0.15, 0.2) is 5.13 Å². The second-order valence-corrected chi connectivity index (χ2v) is 12.1. The Labute approximate surface area is 242 Å². The lowest BCUT2D eigenvalue weighted by Crippen LogP contribution is -2.49. The Hall–Kier alpha value is -3.15. The minimum absolute atomic E-state index is 0.0142. The lowest BCUT2D eigenvalue weighted by molar-refractivity contribution is -0.139. The molecule has 12 heteroatoms. The number of hydrogen-bond donors (Lipinski definition) is 1. The molecule has 2 aromatic rings. The van der Waals surface area contributed by atoms with Crippen LogP contribution >= 0.6 is 11.3 Å². The molecule has 41 heavy (non-hydrogen) atoms. The number of carbonyl (C=O) groups is 3. The zero-order chi connectivity index (χ0) is 29.6. The number of nitrogens with one attached hydrogen (secondary N) is 1. The molecule has 1 saturated heterocycles. The van der Waals surface area contributed by atoms with Gasteiger partial charge in [0.2, 0.25) is 17.7 Å². The molecule has 1 aromatic heterocycles. The number of rotatable bonds is 9. The molecule has 0 bridgehead atoms. The van der Waals surface area contributed by atoms with E-state index in [0.717, 1.165) is 44.2 Å². The average molecular weight is 594 g/mol. The van der Waals surface area contributed by atoms with Crippen molar-refractivity contribution in [3.63, 3.8) is 0 Å². The molecule has 2 aliphatic rings. The first-order valence-corrected chi connectivity index (χ1v) is 15.1. The zero-order valence-corrected chi connectivity index (χ0v) is 24.4. The van der Waals surface area contributed by atoms with Crippen molar-refractivity contribution in [3.8, 4) is 0 Å². The number of anilines is 2. The van der Waals surface area contributed by atoms with E-state index in [-0.39, 0.29) is 42.5 Å². The average Bonchev–Trinajstić information content (AvgIpc) is 3.38. The highest BCUT2D eigenvalue weighted by Crippen LogP contribution is 2.32. The first kappa shape index (κ1) is 30.8. The third kappa shape index (κ3) is 8.67. The number of hydrogen-bond acceptors (Lipinski definition) is 6. The summed E-state index contributed by atoms with van der Waals surface area (Å²) in [6, 6.07) is 5.22. The SMILES string of the molecule is CC(C)CN(CC(=O)Nc1nc(CC(=O)N2CCN(c3cccc(C(F)(F)F)c3)CC2)cs1)C(=O)C1CCCCC1. The first-order valence-electron chi connectivity index (χ1n) is 14.2. The molecule has 3 amide bonds. The van der Waals surface area contributed by atoms with E-state index >= 15 is 0 Å². The largest absolute Gasteiger partial charge is 0.416 e. The van der Waals surface area contributed by atoms with E-state index in [1.165, 1.54) is 17.4 Å². The number of nitrogens with zero attached hydrogens (tertiary/aromatic N) is 4. The number of thiazole rings is 1. The van der Waals surface area contributed by atoms with E-state index in [9.17, 15) is 27.6 Å². The molecule has 0 radical (unpaired) electrons. The molecule has 1 saturated carbocycles. The molecule has 0 unspecified atom stereocenters. The van der Waals surface area contributed by atoms with Crippen LogP contribution in [0.15, 0.2) is 29.6 Å². The summed E-state index contributed by atoms with van der Waals surface area (Å²) in [7, 11) is 0. The molecule has 2 heterocycles. The zero-order valence-electron chi connectivity index (χ0n) is 23.6. The predicted octanol–water partition coefficient (Wildman–Crippen LogP) is 5.06. The lowest BCUT2D eigenvalue weighted by atomic mass is 9.88. The molecule has 0 atom stereocenters. The van der Waals surface area contributed by atoms with Gasteiger partial charge in [-0.15, -0.1) is 11.3 Å². The molecule has 1 aromatic carbocycles. The highest BCUT2D eigenvalue weighted by atomic mass is 32.1. The maximum Gasteiger partial charge on any atom is 0.416 e. The Bertz CT molecular complexity index is 1200. The fourth-order valence-electron chi connectivity index (χ4n) is 5.42. The molecule has 1 aliphatic heterocycles. The number of halogens is 3. The van der Waals surface area contributed by atoms with E-state index in [1.807, 2.05) is 18.7 Å². The van der Waals surface area contributed by atoms with Crippen LogP contribution in [0, 0.1) is 11.8 Å². The second-order valence-electron chi connectivity index (χ2n) is 11.2. The van der Waals surface area contributed by atoms with Crippen molar-refractivity contribution in [2.24, 2.45) is 11.8 Å². The van der Waals surface area contributed by atoms with Crippen LogP contribution in [-0.4, -0.2) is 71.8 Å². The fraction of sp³-hybridized carbons (Fsp3) is 0.586. The number of amides is 3. The lowest BCUT2D eigenvalue weighted by Gasteiger charge is -2.36. The highest BCUT2D eigenvalue weighted by molar-refractivity contribution is 7.13. The minimum atomic E-state index is -4.40. The van der Waals surface area contributed by atoms with Gasteiger partial charge in [0.25, 0.3) is 0 Å². The maximum absolute atomic E-state index is 13.1. The molecule has 1 aliphatic carbocycles. The monoisotopic (exact) mass is 593 g/mol. The van der Waals surface area contributed by atoms with Crippen molar-refractivity contribution in [1.29, 1.82) is 0 Å². The number of alkyl halides is 3. The van der Waals surface area contributed by atoms with Crippen LogP contribution in [0.3, 0.4) is 0 Å². The summed E-state index contributed by atoms with van der Waals surface area (Å²) >= 11 is 1.23. The van der Waals surface area contributed by atoms with Gasteiger partial charge >= 0.3 is 6.18 Å². The van der Waals surface area contributed by atoms with E-state index in [1.54, 1.807) is 21.2 Å². The molecule has 224 valence electrons. The van der Waals surface area contributed by atoms with Crippen molar-refractivity contribution in [2.45, 2.75) is 58.5 Å². The van der Waals surface area contributed by atoms with Gasteiger partial charge in [-0.1, -0.05) is 39.2 Å². The highest BCUT2D eigenvalue weighted by Gasteiger charge is 2.32. The maximum atomic E-state index is 13.1. The van der Waals surface area contributed by atoms with E-state index in [0.29, 0.717) is 49.2 Å². The number of carbonyl (C=O) groups excluding carboxylic acids is 3. The Balaban J connectivity index is 1.26. The van der Waals surface area contributed by atoms with Crippen molar-refractivity contribution >= 4 is 39.9 Å². The summed E-state index contributed by atoms with van der Waals surface area (Å²) in [5, 5.41) is 4.88. The van der Waals surface area contributed by atoms with Gasteiger partial charge in [-0.3, -0.25) is 14.4 Å². The molecule has 1 N–H and O–H groups in total. The van der Waals surface area contributed by atoms with Crippen molar-refractivity contribution in [2.75, 3.05) is 49.5 Å². The summed E-state index contributed by atoms with van der Waals surface area (Å²) in [5.41, 5.74) is 0.329. The van der Waals surface area contributed by atoms with Gasteiger partial charge in [-0.25, -0.2) is 4.98 Å². The first-order chi connectivity index (χ1) is 19.5. The van der Waals surface area contributed by atoms with Crippen LogP contribution in [-0.2, 0) is 27.0 Å². The molecular formula is C29H38F3N5O3S. The molecule has 0 spiro atoms. The van der Waals surface area contributed by atoms with Crippen molar-refractivity contribution in [1.82, 2.24) is 14.8 Å². The van der Waals surface area contributed by atoms with Crippen molar-refractivity contribution < 1.29 is 27.6 Å². The normalized spacial score (nSPS) is 16.6. The number of benzene rings is 1. The smallest absolute Gasteiger partial charge is 0.368 e. The quantitative estimate of drug-likeness (QED) is 0.440. The van der Waals surface area contributed by atoms with Crippen LogP contribution < -0.4 is 10.2 Å². The van der Waals surface area contributed by atoms with Gasteiger partial charge < -0.3 is 20.0 Å². The summed E-state index contributed by atoms with van der Waals surface area (Å²) in [6.45, 7) is 6.17. The summed E-state index contributed by atoms with van der Waals surface area (Å²) in [4.78, 5) is 48.4. The molecule has 2 fully saturated rings. The Morgan fingerprint density at radius 3 is 2.46 bits per heavy atom. The van der Waals surface area contributed by atoms with Crippen LogP contribution in [0.4, 0.5) is 24.0 Å². The number of piperazine rings is 1. The molecule has 4 rings (SSSR count). The minimum Gasteiger partial charge on any atom is -0.368 e. The van der Waals surface area contributed by atoms with Crippen LogP contribution in [0.25, 0.3) is 0 Å². The van der Waals surface area contributed by atoms with Gasteiger partial charge in [0.05, 0.1) is 24.2 Å². The third-order valence-corrected chi connectivity index (χ3v) is 8.29. The summed E-state index contributed by atoms with van der Waals surface area (Å²) in [6.07, 6.45) is 0.654. The summed E-state index contributed by atoms with van der Waals surface area (Å²) in [5.74, 6) is -0.169. The molecular weight excluding hydrogens is 555 g/mol. The van der Waals surface area contributed by atoms with Crippen LogP contribution in [0.2, 0.25) is 0 Å². The van der Waals surface area contributed by atoms with E-state index in [2.05, 4.69) is 10.3 Å². The summed E-state index contributed by atoms with van der Waals surface area (Å²) < 4.78 is 39.2. The van der Waals surface area contributed by atoms with E-state index < -0.39 is 11.7 Å². The predicted molar refractivity (Wildman–Crippen MR) is 153 cm³/mol. The van der Waals surface area contributed by atoms with Crippen LogP contribution in [0.1, 0.15) is 57.2 Å². The van der Waals surface area contributed by atoms with Gasteiger partial charge in [0, 0.05) is 49.7 Å². The van der Waals surface area contributed by atoms with Gasteiger partial charge in [-0.2, -0.15) is 13.2 Å². The number of aromatic nitrogens is 1. The van der Waals surface area contributed by atoms with E-state index in [4.69, 9.17) is 0 Å². The Morgan fingerprint density at radius 1 is 1.10 bits per heavy atom. The van der Waals surface area contributed by atoms with Gasteiger partial charge in [0.1, 0.15) is 0 Å². The Kier molecular flexibility index (Phi) is 10.3.